The van der Waals surface area contributed by atoms with Gasteiger partial charge >= 0.3 is 0 Å². The molecule has 0 aliphatic carbocycles. The van der Waals surface area contributed by atoms with Crippen LogP contribution in [0.3, 0.4) is 0 Å². The molecule has 0 spiro atoms. The highest BCUT2D eigenvalue weighted by atomic mass is 32.2. The van der Waals surface area contributed by atoms with E-state index in [9.17, 15) is 4.39 Å². The van der Waals surface area contributed by atoms with Crippen LogP contribution in [0.5, 0.6) is 0 Å². The number of amidine groups is 1. The van der Waals surface area contributed by atoms with Crippen molar-refractivity contribution in [2.45, 2.75) is 18.1 Å². The summed E-state index contributed by atoms with van der Waals surface area (Å²) in [5, 5.41) is 0.407. The number of nitrogens with two attached hydrogens (primary N) is 1. The third kappa shape index (κ3) is 3.40. The summed E-state index contributed by atoms with van der Waals surface area (Å²) in [4.78, 5) is 8.44. The summed E-state index contributed by atoms with van der Waals surface area (Å²) in [5.74, 6) is -0.116. The topological polar surface area (TPSA) is 69.7 Å². The van der Waals surface area contributed by atoms with Crippen molar-refractivity contribution in [3.8, 4) is 11.1 Å². The van der Waals surface area contributed by atoms with E-state index in [4.69, 9.17) is 15.2 Å². The first kappa shape index (κ1) is 19.3. The van der Waals surface area contributed by atoms with E-state index >= 15 is 4.39 Å². The largest absolute Gasteiger partial charge is 0.382 e. The summed E-state index contributed by atoms with van der Waals surface area (Å²) < 4.78 is 40.4. The highest BCUT2D eigenvalue weighted by Crippen LogP contribution is 2.47. The van der Waals surface area contributed by atoms with Crippen LogP contribution in [0.4, 0.5) is 8.78 Å². The first-order chi connectivity index (χ1) is 13.5. The number of aliphatic imine (C=N–C) groups is 1. The third-order valence-corrected chi connectivity index (χ3v) is 6.33. The van der Waals surface area contributed by atoms with Crippen molar-refractivity contribution in [3.63, 3.8) is 0 Å². The van der Waals surface area contributed by atoms with Crippen LogP contribution in [0.2, 0.25) is 0 Å². The number of benzene rings is 1. The fraction of sp³-hybridized carbons (Fsp3) is 0.400. The number of nitrogens with zero attached hydrogens (tertiary/aromatic N) is 2. The van der Waals surface area contributed by atoms with Crippen molar-refractivity contribution in [2.24, 2.45) is 16.6 Å². The van der Waals surface area contributed by atoms with Gasteiger partial charge in [0.15, 0.2) is 5.17 Å². The molecule has 0 saturated carbocycles. The van der Waals surface area contributed by atoms with E-state index in [0.717, 1.165) is 6.20 Å². The van der Waals surface area contributed by atoms with Gasteiger partial charge in [0.25, 0.3) is 0 Å². The lowest BCUT2D eigenvalue weighted by atomic mass is 9.74. The molecular weight excluding hydrogens is 384 g/mol. The molecule has 0 bridgehead atoms. The van der Waals surface area contributed by atoms with Crippen LogP contribution < -0.4 is 5.73 Å². The number of pyridine rings is 1. The Kier molecular flexibility index (Phi) is 5.35. The molecule has 2 aliphatic heterocycles. The highest BCUT2D eigenvalue weighted by Gasteiger charge is 2.49. The number of ether oxygens (including phenoxy) is 2. The Morgan fingerprint density at radius 1 is 1.32 bits per heavy atom. The minimum absolute atomic E-state index is 0.0331. The van der Waals surface area contributed by atoms with Gasteiger partial charge in [-0.15, -0.1) is 0 Å². The van der Waals surface area contributed by atoms with Crippen LogP contribution in [-0.4, -0.2) is 42.3 Å². The lowest BCUT2D eigenvalue weighted by Gasteiger charge is -2.46. The molecule has 8 heteroatoms. The number of fused-ring (bicyclic) bond motifs is 1. The number of thioether (sulfide) groups is 1. The van der Waals surface area contributed by atoms with Crippen molar-refractivity contribution in [1.29, 1.82) is 0 Å². The quantitative estimate of drug-likeness (QED) is 0.845. The summed E-state index contributed by atoms with van der Waals surface area (Å²) >= 11 is 1.47. The van der Waals surface area contributed by atoms with Gasteiger partial charge in [0.2, 0.25) is 0 Å². The van der Waals surface area contributed by atoms with Gasteiger partial charge in [0.1, 0.15) is 17.2 Å². The van der Waals surface area contributed by atoms with Gasteiger partial charge in [-0.3, -0.25) is 4.98 Å². The van der Waals surface area contributed by atoms with Gasteiger partial charge in [-0.25, -0.2) is 13.8 Å². The average molecular weight is 405 g/mol. The van der Waals surface area contributed by atoms with Gasteiger partial charge in [-0.05, 0) is 30.2 Å². The Morgan fingerprint density at radius 3 is 2.96 bits per heavy atom. The standard InChI is InChI=1S/C20H21F2N3O2S/c1-26-9-14-7-13-10-28-19(23)25-20(13,11-27-14)16-6-12(2-3-17(16)21)15-4-5-24-8-18(15)22/h2-6,8,13-14H,7,9-11H2,1H3,(H2,23,25)/t13?,14-,20+/m1/s1. The molecular formula is C20H21F2N3O2S. The van der Waals surface area contributed by atoms with E-state index in [2.05, 4.69) is 9.98 Å². The summed E-state index contributed by atoms with van der Waals surface area (Å²) in [5.41, 5.74) is 6.40. The van der Waals surface area contributed by atoms with E-state index in [-0.39, 0.29) is 18.6 Å². The Morgan fingerprint density at radius 2 is 2.18 bits per heavy atom. The van der Waals surface area contributed by atoms with Gasteiger partial charge in [0.05, 0.1) is 25.5 Å². The zero-order valence-electron chi connectivity index (χ0n) is 15.4. The molecule has 5 nitrogen and oxygen atoms in total. The van der Waals surface area contributed by atoms with Crippen LogP contribution >= 0.6 is 11.8 Å². The molecule has 0 amide bonds. The predicted molar refractivity (Wildman–Crippen MR) is 105 cm³/mol. The zero-order chi connectivity index (χ0) is 19.7. The average Bonchev–Trinajstić information content (AvgIpc) is 2.69. The number of rotatable bonds is 4. The van der Waals surface area contributed by atoms with E-state index in [1.54, 1.807) is 25.3 Å². The fourth-order valence-electron chi connectivity index (χ4n) is 3.98. The Labute approximate surface area is 166 Å². The normalized spacial score (nSPS) is 27.2. The van der Waals surface area contributed by atoms with Crippen molar-refractivity contribution < 1.29 is 18.3 Å². The summed E-state index contributed by atoms with van der Waals surface area (Å²) in [7, 11) is 1.63. The molecule has 2 aromatic rings. The molecule has 28 heavy (non-hydrogen) atoms. The molecule has 1 aromatic heterocycles. The van der Waals surface area contributed by atoms with Crippen LogP contribution in [0, 0.1) is 17.6 Å². The van der Waals surface area contributed by atoms with Crippen molar-refractivity contribution in [1.82, 2.24) is 4.98 Å². The minimum atomic E-state index is -0.927. The molecule has 3 heterocycles. The SMILES string of the molecule is COC[C@H]1CC2CSC(N)=N[C@@]2(c2cc(-c3ccncc3F)ccc2F)CO1. The Balaban J connectivity index is 1.80. The number of methoxy groups -OCH3 is 1. The molecule has 1 saturated heterocycles. The number of halogens is 2. The van der Waals surface area contributed by atoms with E-state index in [1.165, 1.54) is 24.0 Å². The molecule has 2 aliphatic rings. The van der Waals surface area contributed by atoms with Gasteiger partial charge in [0, 0.05) is 36.1 Å². The molecule has 3 atom stereocenters. The Bertz CT molecular complexity index is 911. The van der Waals surface area contributed by atoms with E-state index in [1.807, 2.05) is 0 Å². The lowest BCUT2D eigenvalue weighted by Crippen LogP contribution is -2.51. The first-order valence-electron chi connectivity index (χ1n) is 9.02. The fourth-order valence-corrected chi connectivity index (χ4v) is 4.99. The van der Waals surface area contributed by atoms with Crippen LogP contribution in [-0.2, 0) is 15.0 Å². The number of hydrogen-bond donors (Lipinski definition) is 1. The van der Waals surface area contributed by atoms with Crippen molar-refractivity contribution >= 4 is 16.9 Å². The van der Waals surface area contributed by atoms with Gasteiger partial charge in [-0.1, -0.05) is 17.8 Å². The molecule has 1 unspecified atom stereocenters. The number of hydrogen-bond acceptors (Lipinski definition) is 6. The lowest BCUT2D eigenvalue weighted by molar-refractivity contribution is -0.0836. The molecule has 0 radical (unpaired) electrons. The summed E-state index contributed by atoms with van der Waals surface area (Å²) in [6, 6.07) is 6.14. The van der Waals surface area contributed by atoms with E-state index < -0.39 is 17.2 Å². The highest BCUT2D eigenvalue weighted by molar-refractivity contribution is 8.13. The smallest absolute Gasteiger partial charge is 0.154 e. The maximum Gasteiger partial charge on any atom is 0.154 e. The summed E-state index contributed by atoms with van der Waals surface area (Å²) in [6.07, 6.45) is 3.27. The maximum absolute atomic E-state index is 15.0. The zero-order valence-corrected chi connectivity index (χ0v) is 16.2. The predicted octanol–water partition coefficient (Wildman–Crippen LogP) is 3.34. The summed E-state index contributed by atoms with van der Waals surface area (Å²) in [6.45, 7) is 0.674. The molecule has 4 rings (SSSR count). The van der Waals surface area contributed by atoms with Crippen LogP contribution in [0.15, 0.2) is 41.7 Å². The molecule has 1 fully saturated rings. The van der Waals surface area contributed by atoms with Gasteiger partial charge < -0.3 is 15.2 Å². The van der Waals surface area contributed by atoms with Crippen molar-refractivity contribution in [2.75, 3.05) is 26.1 Å². The molecule has 148 valence electrons. The van der Waals surface area contributed by atoms with E-state index in [0.29, 0.717) is 40.6 Å². The first-order valence-corrected chi connectivity index (χ1v) is 10.0. The third-order valence-electron chi connectivity index (χ3n) is 5.37. The number of aromatic nitrogens is 1. The van der Waals surface area contributed by atoms with Crippen LogP contribution in [0.1, 0.15) is 12.0 Å². The Hall–Kier alpha value is -2.03. The minimum Gasteiger partial charge on any atom is -0.382 e. The second kappa shape index (κ2) is 7.77. The molecule has 2 N–H and O–H groups in total. The second-order valence-electron chi connectivity index (χ2n) is 7.06. The second-order valence-corrected chi connectivity index (χ2v) is 8.10. The van der Waals surface area contributed by atoms with Gasteiger partial charge in [-0.2, -0.15) is 0 Å². The van der Waals surface area contributed by atoms with Crippen LogP contribution in [0.25, 0.3) is 11.1 Å². The monoisotopic (exact) mass is 405 g/mol. The van der Waals surface area contributed by atoms with Crippen molar-refractivity contribution in [3.05, 3.63) is 53.9 Å². The molecule has 1 aromatic carbocycles. The maximum atomic E-state index is 15.0.